The molecule has 0 fully saturated rings. The van der Waals surface area contributed by atoms with E-state index in [-0.39, 0.29) is 0 Å². The predicted molar refractivity (Wildman–Crippen MR) is 219 cm³/mol. The second-order valence-electron chi connectivity index (χ2n) is 12.5. The van der Waals surface area contributed by atoms with Crippen molar-refractivity contribution in [2.75, 3.05) is 38.4 Å². The van der Waals surface area contributed by atoms with Crippen LogP contribution in [0.25, 0.3) is 10.8 Å². The van der Waals surface area contributed by atoms with Crippen molar-refractivity contribution in [2.45, 2.75) is 52.4 Å². The first kappa shape index (κ1) is 43.3. The van der Waals surface area contributed by atoms with Gasteiger partial charge in [0.25, 0.3) is 0 Å². The SMILES string of the molecule is C=C(C)C=O.CCCCOc1ccc(OC(=O)c2ccc(N)cc2)cc1.COCCCCCCOc1ccc(C(=O)Oc2ccc(N)c3ccccc23)cc1. The maximum Gasteiger partial charge on any atom is 0.343 e. The second kappa shape index (κ2) is 24.2. The average Bonchev–Trinajstić information content (AvgIpc) is 3.20. The van der Waals surface area contributed by atoms with Crippen molar-refractivity contribution in [3.63, 3.8) is 0 Å². The van der Waals surface area contributed by atoms with Crippen LogP contribution in [-0.4, -0.2) is 45.2 Å². The van der Waals surface area contributed by atoms with Crippen LogP contribution >= 0.6 is 0 Å². The van der Waals surface area contributed by atoms with Crippen LogP contribution in [0, 0.1) is 0 Å². The number of allylic oxidation sites excluding steroid dienone is 1. The molecule has 0 aliphatic carbocycles. The van der Waals surface area contributed by atoms with E-state index in [0.29, 0.717) is 52.8 Å². The minimum atomic E-state index is -0.412. The van der Waals surface area contributed by atoms with Crippen LogP contribution < -0.4 is 30.4 Å². The molecule has 0 unspecified atom stereocenters. The lowest BCUT2D eigenvalue weighted by Crippen LogP contribution is -2.09. The molecule has 0 radical (unpaired) electrons. The first-order valence-electron chi connectivity index (χ1n) is 18.3. The van der Waals surface area contributed by atoms with E-state index < -0.39 is 11.9 Å². The Labute approximate surface area is 324 Å². The van der Waals surface area contributed by atoms with E-state index in [1.165, 1.54) is 0 Å². The van der Waals surface area contributed by atoms with E-state index >= 15 is 0 Å². The van der Waals surface area contributed by atoms with Gasteiger partial charge in [-0.1, -0.05) is 50.6 Å². The van der Waals surface area contributed by atoms with E-state index in [2.05, 4.69) is 13.5 Å². The van der Waals surface area contributed by atoms with Gasteiger partial charge in [-0.15, -0.1) is 0 Å². The van der Waals surface area contributed by atoms with Crippen molar-refractivity contribution in [3.8, 4) is 23.0 Å². The van der Waals surface area contributed by atoms with Gasteiger partial charge in [-0.05, 0) is 123 Å². The normalized spacial score (nSPS) is 10.2. The highest BCUT2D eigenvalue weighted by atomic mass is 16.5. The molecular weight excluding hydrogens is 697 g/mol. The Morgan fingerprint density at radius 2 is 1.11 bits per heavy atom. The molecule has 0 saturated carbocycles. The molecular formula is C45H52N2O8. The molecule has 0 amide bonds. The van der Waals surface area contributed by atoms with Gasteiger partial charge in [0.2, 0.25) is 0 Å². The van der Waals surface area contributed by atoms with Crippen LogP contribution in [0.4, 0.5) is 11.4 Å². The van der Waals surface area contributed by atoms with Gasteiger partial charge in [0, 0.05) is 35.9 Å². The molecule has 5 aromatic rings. The summed E-state index contributed by atoms with van der Waals surface area (Å²) in [5, 5.41) is 1.68. The maximum atomic E-state index is 12.5. The minimum Gasteiger partial charge on any atom is -0.494 e. The highest BCUT2D eigenvalue weighted by Gasteiger charge is 2.12. The standard InChI is InChI=1S/C24H27NO4.C17H19NO3.C4H6O/c1-27-16-6-2-3-7-17-28-19-12-10-18(11-13-19)24(26)29-23-15-14-22(25)20-8-4-5-9-21(20)23;1-2-3-12-20-15-8-10-16(11-9-15)21-17(19)13-4-6-14(18)7-5-13;1-4(2)3-5/h4-5,8-15H,2-3,6-7,16-17,25H2,1H3;4-11H,2-3,12,18H2,1H3;3H,1H2,2H3. The van der Waals surface area contributed by atoms with Gasteiger partial charge in [0.1, 0.15) is 29.3 Å². The highest BCUT2D eigenvalue weighted by Crippen LogP contribution is 2.30. The van der Waals surface area contributed by atoms with E-state index in [0.717, 1.165) is 73.7 Å². The lowest BCUT2D eigenvalue weighted by atomic mass is 10.1. The third-order valence-corrected chi connectivity index (χ3v) is 7.87. The average molecular weight is 749 g/mol. The molecule has 10 heteroatoms. The van der Waals surface area contributed by atoms with Gasteiger partial charge in [0.15, 0.2) is 0 Å². The zero-order chi connectivity index (χ0) is 39.8. The predicted octanol–water partition coefficient (Wildman–Crippen LogP) is 9.66. The number of ether oxygens (including phenoxy) is 5. The number of rotatable bonds is 17. The topological polar surface area (TPSA) is 149 Å². The van der Waals surface area contributed by atoms with Crippen LogP contribution in [0.2, 0.25) is 0 Å². The Morgan fingerprint density at radius 3 is 1.67 bits per heavy atom. The van der Waals surface area contributed by atoms with Gasteiger partial charge in [-0.2, -0.15) is 0 Å². The molecule has 0 atom stereocenters. The first-order chi connectivity index (χ1) is 26.6. The van der Waals surface area contributed by atoms with Crippen molar-refractivity contribution in [1.82, 2.24) is 0 Å². The van der Waals surface area contributed by atoms with Gasteiger partial charge in [0.05, 0.1) is 24.3 Å². The van der Waals surface area contributed by atoms with Crippen molar-refractivity contribution >= 4 is 40.4 Å². The fourth-order valence-electron chi connectivity index (χ4n) is 4.85. The van der Waals surface area contributed by atoms with Gasteiger partial charge in [-0.25, -0.2) is 9.59 Å². The number of anilines is 2. The molecule has 0 aromatic heterocycles. The maximum absolute atomic E-state index is 12.5. The lowest BCUT2D eigenvalue weighted by molar-refractivity contribution is -0.104. The van der Waals surface area contributed by atoms with Crippen molar-refractivity contribution < 1.29 is 38.1 Å². The van der Waals surface area contributed by atoms with E-state index in [9.17, 15) is 14.4 Å². The quantitative estimate of drug-likeness (QED) is 0.0235. The molecule has 5 rings (SSSR count). The third-order valence-electron chi connectivity index (χ3n) is 7.87. The Morgan fingerprint density at radius 1 is 0.618 bits per heavy atom. The molecule has 290 valence electrons. The molecule has 0 bridgehead atoms. The monoisotopic (exact) mass is 748 g/mol. The summed E-state index contributed by atoms with van der Waals surface area (Å²) in [5.74, 6) is 1.68. The number of benzene rings is 5. The Kier molecular flexibility index (Phi) is 19.1. The van der Waals surface area contributed by atoms with Crippen molar-refractivity contribution in [1.29, 1.82) is 0 Å². The smallest absolute Gasteiger partial charge is 0.343 e. The Bertz CT molecular complexity index is 1920. The Balaban J connectivity index is 0.000000274. The number of hydrogen-bond acceptors (Lipinski definition) is 10. The summed E-state index contributed by atoms with van der Waals surface area (Å²) in [6.45, 7) is 9.25. The van der Waals surface area contributed by atoms with Crippen molar-refractivity contribution in [2.24, 2.45) is 0 Å². The summed E-state index contributed by atoms with van der Waals surface area (Å²) in [5.41, 5.74) is 14.4. The first-order valence-corrected chi connectivity index (χ1v) is 18.3. The van der Waals surface area contributed by atoms with E-state index in [1.54, 1.807) is 99.0 Å². The number of carbonyl (C=O) groups excluding carboxylic acids is 3. The molecule has 10 nitrogen and oxygen atoms in total. The lowest BCUT2D eigenvalue weighted by Gasteiger charge is -2.10. The number of carbonyl (C=O) groups is 3. The zero-order valence-corrected chi connectivity index (χ0v) is 32.0. The second-order valence-corrected chi connectivity index (χ2v) is 12.5. The van der Waals surface area contributed by atoms with Crippen molar-refractivity contribution in [3.05, 3.63) is 132 Å². The van der Waals surface area contributed by atoms with Crippen LogP contribution in [0.3, 0.4) is 0 Å². The number of unbranched alkanes of at least 4 members (excludes halogenated alkanes) is 4. The Hall–Kier alpha value is -6.13. The van der Waals surface area contributed by atoms with Crippen LogP contribution in [0.15, 0.2) is 121 Å². The highest BCUT2D eigenvalue weighted by molar-refractivity contribution is 6.00. The fraction of sp³-hybridized carbons (Fsp3) is 0.267. The minimum absolute atomic E-state index is 0.408. The number of nitrogen functional groups attached to an aromatic ring is 2. The van der Waals surface area contributed by atoms with Gasteiger partial charge in [-0.3, -0.25) is 4.79 Å². The molecule has 55 heavy (non-hydrogen) atoms. The number of aldehydes is 1. The largest absolute Gasteiger partial charge is 0.494 e. The number of fused-ring (bicyclic) bond motifs is 1. The number of nitrogens with two attached hydrogens (primary N) is 2. The van der Waals surface area contributed by atoms with E-state index in [4.69, 9.17) is 35.2 Å². The molecule has 0 heterocycles. The molecule has 5 aromatic carbocycles. The third kappa shape index (κ3) is 15.8. The van der Waals surface area contributed by atoms with Crippen LogP contribution in [0.5, 0.6) is 23.0 Å². The fourth-order valence-corrected chi connectivity index (χ4v) is 4.85. The molecule has 4 N–H and O–H groups in total. The summed E-state index contributed by atoms with van der Waals surface area (Å²) in [4.78, 5) is 33.9. The van der Waals surface area contributed by atoms with Gasteiger partial charge >= 0.3 is 11.9 Å². The zero-order valence-electron chi connectivity index (χ0n) is 32.0. The summed E-state index contributed by atoms with van der Waals surface area (Å²) in [7, 11) is 1.72. The molecule has 0 spiro atoms. The summed E-state index contributed by atoms with van der Waals surface area (Å²) in [6, 6.07) is 31.7. The number of hydrogen-bond donors (Lipinski definition) is 2. The summed E-state index contributed by atoms with van der Waals surface area (Å²) < 4.78 is 27.2. The molecule has 0 aliphatic heterocycles. The molecule has 0 saturated heterocycles. The number of esters is 2. The summed E-state index contributed by atoms with van der Waals surface area (Å²) >= 11 is 0. The van der Waals surface area contributed by atoms with E-state index in [1.807, 2.05) is 24.3 Å². The van der Waals surface area contributed by atoms with Crippen LogP contribution in [-0.2, 0) is 9.53 Å². The van der Waals surface area contributed by atoms with Gasteiger partial charge < -0.3 is 35.2 Å². The molecule has 0 aliphatic rings. The van der Waals surface area contributed by atoms with Crippen LogP contribution in [0.1, 0.15) is 73.1 Å². The summed E-state index contributed by atoms with van der Waals surface area (Å²) in [6.07, 6.45) is 7.17. The number of methoxy groups -OCH3 is 1.